The summed E-state index contributed by atoms with van der Waals surface area (Å²) in [5, 5.41) is 13.9. The number of halogens is 2. The number of alkyl halides is 2. The van der Waals surface area contributed by atoms with E-state index in [1.54, 1.807) is 18.2 Å². The van der Waals surface area contributed by atoms with Gasteiger partial charge in [0.1, 0.15) is 6.61 Å². The Bertz CT molecular complexity index is 481. The first-order valence-corrected chi connectivity index (χ1v) is 5.76. The first-order chi connectivity index (χ1) is 9.52. The molecule has 0 bridgehead atoms. The Balaban J connectivity index is 2.46. The summed E-state index contributed by atoms with van der Waals surface area (Å²) in [6.45, 7) is -0.775. The molecule has 6 nitrogen and oxygen atoms in total. The van der Waals surface area contributed by atoms with Gasteiger partial charge in [0.15, 0.2) is 5.84 Å². The standard InChI is InChI=1S/C12H15F2N3O3/c13-10(14)7-20-5-4-11(18)16-9-3-1-2-8(6-9)12(15)17-19/h1-3,6,10,19H,4-5,7H2,(H2,15,17)(H,16,18). The van der Waals surface area contributed by atoms with Crippen molar-refractivity contribution in [1.29, 1.82) is 0 Å². The van der Waals surface area contributed by atoms with E-state index in [0.717, 1.165) is 0 Å². The van der Waals surface area contributed by atoms with Crippen molar-refractivity contribution in [3.8, 4) is 0 Å². The minimum absolute atomic E-state index is 0.0412. The fourth-order valence-electron chi connectivity index (χ4n) is 1.37. The van der Waals surface area contributed by atoms with Gasteiger partial charge < -0.3 is 21.0 Å². The van der Waals surface area contributed by atoms with Gasteiger partial charge in [-0.1, -0.05) is 17.3 Å². The molecule has 0 fully saturated rings. The fourth-order valence-corrected chi connectivity index (χ4v) is 1.37. The molecule has 0 spiro atoms. The highest BCUT2D eigenvalue weighted by molar-refractivity contribution is 5.99. The second-order valence-corrected chi connectivity index (χ2v) is 3.83. The molecule has 0 atom stereocenters. The number of amidine groups is 1. The van der Waals surface area contributed by atoms with Crippen LogP contribution in [0, 0.1) is 0 Å². The summed E-state index contributed by atoms with van der Waals surface area (Å²) in [5.74, 6) is -0.461. The summed E-state index contributed by atoms with van der Waals surface area (Å²) in [4.78, 5) is 11.5. The normalized spacial score (nSPS) is 11.7. The number of rotatable bonds is 7. The highest BCUT2D eigenvalue weighted by atomic mass is 19.3. The number of nitrogens with one attached hydrogen (secondary N) is 1. The van der Waals surface area contributed by atoms with Crippen LogP contribution in [-0.4, -0.2) is 36.6 Å². The zero-order valence-corrected chi connectivity index (χ0v) is 10.6. The lowest BCUT2D eigenvalue weighted by Crippen LogP contribution is -2.17. The molecular formula is C12H15F2N3O3. The number of carbonyl (C=O) groups excluding carboxylic acids is 1. The third kappa shape index (κ3) is 5.61. The van der Waals surface area contributed by atoms with Crippen LogP contribution < -0.4 is 11.1 Å². The fraction of sp³-hybridized carbons (Fsp3) is 0.333. The number of carbonyl (C=O) groups is 1. The lowest BCUT2D eigenvalue weighted by atomic mass is 10.2. The minimum Gasteiger partial charge on any atom is -0.409 e. The SMILES string of the molecule is N/C(=N/O)c1cccc(NC(=O)CCOCC(F)F)c1. The van der Waals surface area contributed by atoms with Gasteiger partial charge in [0.05, 0.1) is 13.0 Å². The average molecular weight is 287 g/mol. The highest BCUT2D eigenvalue weighted by Crippen LogP contribution is 2.10. The molecule has 20 heavy (non-hydrogen) atoms. The van der Waals surface area contributed by atoms with Crippen LogP contribution in [0.3, 0.4) is 0 Å². The lowest BCUT2D eigenvalue weighted by molar-refractivity contribution is -0.117. The Kier molecular flexibility index (Phi) is 6.38. The highest BCUT2D eigenvalue weighted by Gasteiger charge is 2.06. The predicted octanol–water partition coefficient (Wildman–Crippen LogP) is 1.39. The Morgan fingerprint density at radius 1 is 1.50 bits per heavy atom. The first-order valence-electron chi connectivity index (χ1n) is 5.76. The maximum atomic E-state index is 11.8. The van der Waals surface area contributed by atoms with E-state index in [0.29, 0.717) is 11.3 Å². The van der Waals surface area contributed by atoms with Crippen LogP contribution in [0.25, 0.3) is 0 Å². The van der Waals surface area contributed by atoms with Crippen LogP contribution in [0.2, 0.25) is 0 Å². The predicted molar refractivity (Wildman–Crippen MR) is 69.0 cm³/mol. The molecule has 110 valence electrons. The van der Waals surface area contributed by atoms with Gasteiger partial charge in [0.25, 0.3) is 6.43 Å². The van der Waals surface area contributed by atoms with Crippen LogP contribution in [0.1, 0.15) is 12.0 Å². The number of amides is 1. The van der Waals surface area contributed by atoms with Crippen LogP contribution in [0.15, 0.2) is 29.4 Å². The summed E-state index contributed by atoms with van der Waals surface area (Å²) in [6, 6.07) is 6.37. The van der Waals surface area contributed by atoms with E-state index in [2.05, 4.69) is 15.2 Å². The molecular weight excluding hydrogens is 272 g/mol. The Labute approximate surface area is 114 Å². The third-order valence-corrected chi connectivity index (χ3v) is 2.27. The van der Waals surface area contributed by atoms with E-state index in [4.69, 9.17) is 10.9 Å². The topological polar surface area (TPSA) is 96.9 Å². The van der Waals surface area contributed by atoms with Crippen LogP contribution in [-0.2, 0) is 9.53 Å². The van der Waals surface area contributed by atoms with Crippen molar-refractivity contribution in [3.63, 3.8) is 0 Å². The number of oxime groups is 1. The maximum Gasteiger partial charge on any atom is 0.261 e. The quantitative estimate of drug-likeness (QED) is 0.232. The lowest BCUT2D eigenvalue weighted by Gasteiger charge is -2.07. The molecule has 4 N–H and O–H groups in total. The largest absolute Gasteiger partial charge is 0.409 e. The van der Waals surface area contributed by atoms with Crippen molar-refractivity contribution < 1.29 is 23.5 Å². The number of hydrogen-bond donors (Lipinski definition) is 3. The van der Waals surface area contributed by atoms with Gasteiger partial charge in [-0.05, 0) is 12.1 Å². The molecule has 1 aromatic rings. The van der Waals surface area contributed by atoms with Crippen molar-refractivity contribution in [3.05, 3.63) is 29.8 Å². The van der Waals surface area contributed by atoms with E-state index >= 15 is 0 Å². The maximum absolute atomic E-state index is 11.8. The Morgan fingerprint density at radius 3 is 2.90 bits per heavy atom. The summed E-state index contributed by atoms with van der Waals surface area (Å²) in [5.41, 5.74) is 6.31. The monoisotopic (exact) mass is 287 g/mol. The van der Waals surface area contributed by atoms with E-state index in [-0.39, 0.29) is 24.8 Å². The van der Waals surface area contributed by atoms with E-state index in [9.17, 15) is 13.6 Å². The van der Waals surface area contributed by atoms with Gasteiger partial charge in [-0.15, -0.1) is 0 Å². The second kappa shape index (κ2) is 8.05. The molecule has 0 saturated carbocycles. The van der Waals surface area contributed by atoms with Gasteiger partial charge in [0, 0.05) is 11.3 Å². The minimum atomic E-state index is -2.55. The summed E-state index contributed by atoms with van der Waals surface area (Å²) in [6.07, 6.45) is -2.59. The number of nitrogens with zero attached hydrogens (tertiary/aromatic N) is 1. The number of nitrogens with two attached hydrogens (primary N) is 1. The zero-order chi connectivity index (χ0) is 15.0. The first kappa shape index (κ1) is 15.8. The number of ether oxygens (including phenoxy) is 1. The van der Waals surface area contributed by atoms with Gasteiger partial charge in [-0.25, -0.2) is 8.78 Å². The van der Waals surface area contributed by atoms with Gasteiger partial charge in [0.2, 0.25) is 5.91 Å². The molecule has 0 aliphatic heterocycles. The molecule has 1 rings (SSSR count). The Hall–Kier alpha value is -2.22. The third-order valence-electron chi connectivity index (χ3n) is 2.27. The molecule has 0 saturated heterocycles. The molecule has 0 aromatic heterocycles. The molecule has 0 unspecified atom stereocenters. The summed E-state index contributed by atoms with van der Waals surface area (Å²) in [7, 11) is 0. The number of hydrogen-bond acceptors (Lipinski definition) is 4. The summed E-state index contributed by atoms with van der Waals surface area (Å²) >= 11 is 0. The van der Waals surface area contributed by atoms with Gasteiger partial charge in [-0.3, -0.25) is 4.79 Å². The van der Waals surface area contributed by atoms with E-state index in [1.807, 2.05) is 0 Å². The van der Waals surface area contributed by atoms with Crippen molar-refractivity contribution in [1.82, 2.24) is 0 Å². The van der Waals surface area contributed by atoms with E-state index in [1.165, 1.54) is 6.07 Å². The van der Waals surface area contributed by atoms with Crippen LogP contribution >= 0.6 is 0 Å². The van der Waals surface area contributed by atoms with E-state index < -0.39 is 13.0 Å². The zero-order valence-electron chi connectivity index (χ0n) is 10.6. The average Bonchev–Trinajstić information content (AvgIpc) is 2.43. The number of anilines is 1. The molecule has 0 heterocycles. The second-order valence-electron chi connectivity index (χ2n) is 3.83. The molecule has 0 aliphatic rings. The van der Waals surface area contributed by atoms with Gasteiger partial charge >= 0.3 is 0 Å². The molecule has 0 radical (unpaired) electrons. The molecule has 0 aliphatic carbocycles. The smallest absolute Gasteiger partial charge is 0.261 e. The number of benzene rings is 1. The van der Waals surface area contributed by atoms with Crippen molar-refractivity contribution in [2.45, 2.75) is 12.8 Å². The van der Waals surface area contributed by atoms with Crippen LogP contribution in [0.4, 0.5) is 14.5 Å². The molecule has 8 heteroatoms. The van der Waals surface area contributed by atoms with Crippen molar-refractivity contribution in [2.24, 2.45) is 10.9 Å². The molecule has 1 amide bonds. The van der Waals surface area contributed by atoms with Crippen molar-refractivity contribution in [2.75, 3.05) is 18.5 Å². The Morgan fingerprint density at radius 2 is 2.25 bits per heavy atom. The summed E-state index contributed by atoms with van der Waals surface area (Å²) < 4.78 is 28.2. The van der Waals surface area contributed by atoms with Crippen molar-refractivity contribution >= 4 is 17.4 Å². The molecule has 1 aromatic carbocycles. The van der Waals surface area contributed by atoms with Gasteiger partial charge in [-0.2, -0.15) is 0 Å². The van der Waals surface area contributed by atoms with Crippen LogP contribution in [0.5, 0.6) is 0 Å².